The Bertz CT molecular complexity index is 435. The van der Waals surface area contributed by atoms with E-state index in [4.69, 9.17) is 39.2 Å². The van der Waals surface area contributed by atoms with Gasteiger partial charge in [-0.25, -0.2) is 0 Å². The lowest BCUT2D eigenvalue weighted by atomic mass is 10.2. The van der Waals surface area contributed by atoms with Crippen LogP contribution in [0.1, 0.15) is 12.8 Å². The normalized spacial score (nSPS) is 13.2. The summed E-state index contributed by atoms with van der Waals surface area (Å²) in [5.41, 5.74) is 10.5. The first-order chi connectivity index (χ1) is 11.1. The number of hydrogen-bond donors (Lipinski definition) is 4. The van der Waals surface area contributed by atoms with Gasteiger partial charge in [-0.15, -0.1) is 0 Å². The molecule has 0 saturated carbocycles. The lowest BCUT2D eigenvalue weighted by Gasteiger charge is -2.06. The van der Waals surface area contributed by atoms with Crippen molar-refractivity contribution in [1.29, 1.82) is 0 Å². The monoisotopic (exact) mass is 424 g/mol. The molecule has 0 aromatic heterocycles. The van der Waals surface area contributed by atoms with Gasteiger partial charge >= 0.3 is 11.9 Å². The van der Waals surface area contributed by atoms with Crippen LogP contribution >= 0.6 is 0 Å². The van der Waals surface area contributed by atoms with E-state index in [1.807, 2.05) is 0 Å². The molecule has 13 heteroatoms. The fraction of sp³-hybridized carbons (Fsp3) is 0.833. The number of carboxylic acids is 2. The Hall–Kier alpha value is -0.570. The minimum absolute atomic E-state index is 0.304. The average Bonchev–Trinajstić information content (AvgIpc) is 2.40. The zero-order valence-corrected chi connectivity index (χ0v) is 17.2. The first-order valence-electron chi connectivity index (χ1n) is 6.79. The molecule has 0 fully saturated rings. The minimum atomic E-state index is -5.17. The zero-order valence-electron chi connectivity index (χ0n) is 14.7. The number of rotatable bonds is 8. The van der Waals surface area contributed by atoms with Crippen molar-refractivity contribution >= 4 is 44.1 Å². The molecule has 10 nitrogen and oxygen atoms in total. The molecule has 0 saturated heterocycles. The molecule has 152 valence electrons. The van der Waals surface area contributed by atoms with E-state index in [1.165, 1.54) is 0 Å². The molecule has 0 amide bonds. The van der Waals surface area contributed by atoms with E-state index < -0.39 is 34.4 Å². The molecule has 0 aromatic rings. The molecule has 0 rings (SSSR count). The second kappa shape index (κ2) is 15.7. The van der Waals surface area contributed by atoms with Crippen LogP contribution in [0.25, 0.3) is 0 Å². The summed E-state index contributed by atoms with van der Waals surface area (Å²) >= 11 is 0. The summed E-state index contributed by atoms with van der Waals surface area (Å²) < 4.78 is 34.1. The van der Waals surface area contributed by atoms with Crippen molar-refractivity contribution in [2.24, 2.45) is 11.5 Å². The van der Waals surface area contributed by atoms with Crippen molar-refractivity contribution in [2.45, 2.75) is 24.9 Å². The molecule has 0 radical (unpaired) electrons. The van der Waals surface area contributed by atoms with Crippen molar-refractivity contribution in [3.05, 3.63) is 0 Å². The molecule has 2 atom stereocenters. The van der Waals surface area contributed by atoms with Gasteiger partial charge in [-0.05, 0) is 21.8 Å². The summed E-state index contributed by atoms with van der Waals surface area (Å²) in [6.07, 6.45) is 9.49. The van der Waals surface area contributed by atoms with Gasteiger partial charge < -0.3 is 30.8 Å². The lowest BCUT2D eigenvalue weighted by molar-refractivity contribution is -0.139. The van der Waals surface area contributed by atoms with Gasteiger partial charge in [-0.2, -0.15) is 0 Å². The van der Waals surface area contributed by atoms with E-state index >= 15 is 0 Å². The number of carboxylic acid groups (broad SMARTS) is 2. The molecule has 0 aromatic carbocycles. The molecule has 0 aliphatic heterocycles. The van der Waals surface area contributed by atoms with Gasteiger partial charge in [0.1, 0.15) is 23.6 Å². The first-order valence-corrected chi connectivity index (χ1v) is 12.5. The van der Waals surface area contributed by atoms with Crippen LogP contribution in [0.3, 0.4) is 0 Å². The molecule has 0 aliphatic rings. The van der Waals surface area contributed by atoms with Crippen molar-refractivity contribution in [1.82, 2.24) is 0 Å². The smallest absolute Gasteiger partial charge is 0.320 e. The Morgan fingerprint density at radius 2 is 1.08 bits per heavy atom. The standard InChI is InChI=1S/2C6H13NO2S.H2O4S/c2*1-10(2)4-3-5(7)6(8)9;1-5(2,3)4/h2*5H,3-4,7H2,1-2H3;(H2,1,2,3,4). The van der Waals surface area contributed by atoms with Gasteiger partial charge in [-0.3, -0.25) is 18.0 Å². The van der Waals surface area contributed by atoms with E-state index in [-0.39, 0.29) is 0 Å². The summed E-state index contributed by atoms with van der Waals surface area (Å²) in [7, 11) is -4.56. The summed E-state index contributed by atoms with van der Waals surface area (Å²) in [5, 5.41) is 16.7. The van der Waals surface area contributed by atoms with Crippen LogP contribution < -0.4 is 11.5 Å². The number of aliphatic carboxylic acids is 2. The van der Waals surface area contributed by atoms with Crippen molar-refractivity contribution in [2.75, 3.05) is 36.5 Å². The summed E-state index contributed by atoms with van der Waals surface area (Å²) in [4.78, 5) is 20.4. The SMILES string of the molecule is C[S+](C)CCC(N)C(=O)O.C[S+](C)CCC(N)C(=O)O.O=S(=O)([O-])[O-]. The Balaban J connectivity index is -0.000000308. The summed E-state index contributed by atoms with van der Waals surface area (Å²) in [6, 6.07) is -1.34. The van der Waals surface area contributed by atoms with E-state index in [0.717, 1.165) is 11.5 Å². The quantitative estimate of drug-likeness (QED) is 0.191. The van der Waals surface area contributed by atoms with Crippen LogP contribution in [0.4, 0.5) is 0 Å². The van der Waals surface area contributed by atoms with Gasteiger partial charge in [0.2, 0.25) is 0 Å². The lowest BCUT2D eigenvalue weighted by Crippen LogP contribution is -2.31. The second-order valence-corrected chi connectivity index (χ2v) is 10.8. The molecular weight excluding hydrogens is 396 g/mol. The minimum Gasteiger partial charge on any atom is -0.759 e. The maximum Gasteiger partial charge on any atom is 0.320 e. The fourth-order valence-electron chi connectivity index (χ4n) is 0.972. The highest BCUT2D eigenvalue weighted by Gasteiger charge is 2.15. The molecule has 0 bridgehead atoms. The topological polar surface area (TPSA) is 207 Å². The predicted molar refractivity (Wildman–Crippen MR) is 99.1 cm³/mol. The fourth-order valence-corrected chi connectivity index (χ4v) is 2.42. The maximum atomic E-state index is 10.2. The molecule has 0 heterocycles. The Morgan fingerprint density at radius 1 is 0.880 bits per heavy atom. The highest BCUT2D eigenvalue weighted by Crippen LogP contribution is 1.94. The third kappa shape index (κ3) is 35.4. The first kappa shape index (κ1) is 29.2. The van der Waals surface area contributed by atoms with E-state index in [1.54, 1.807) is 0 Å². The highest BCUT2D eigenvalue weighted by molar-refractivity contribution is 7.95. The maximum absolute atomic E-state index is 10.2. The molecule has 6 N–H and O–H groups in total. The van der Waals surface area contributed by atoms with Gasteiger partial charge in [0, 0.05) is 23.2 Å². The molecular formula is C12H28N2O8S3. The van der Waals surface area contributed by atoms with Gasteiger partial charge in [0.25, 0.3) is 0 Å². The third-order valence-corrected chi connectivity index (χ3v) is 4.41. The van der Waals surface area contributed by atoms with Crippen LogP contribution in [0, 0.1) is 0 Å². The Kier molecular flexibility index (Phi) is 18.3. The van der Waals surface area contributed by atoms with Crippen LogP contribution in [-0.4, -0.2) is 88.3 Å². The van der Waals surface area contributed by atoms with E-state index in [0.29, 0.717) is 34.6 Å². The number of hydrogen-bond acceptors (Lipinski definition) is 8. The molecule has 25 heavy (non-hydrogen) atoms. The zero-order chi connectivity index (χ0) is 20.8. The van der Waals surface area contributed by atoms with E-state index in [9.17, 15) is 9.59 Å². The van der Waals surface area contributed by atoms with E-state index in [2.05, 4.69) is 25.0 Å². The molecule has 0 aliphatic carbocycles. The van der Waals surface area contributed by atoms with Crippen molar-refractivity contribution < 1.29 is 37.3 Å². The third-order valence-electron chi connectivity index (χ3n) is 2.31. The Morgan fingerprint density at radius 3 is 1.20 bits per heavy atom. The molecule has 2 unspecified atom stereocenters. The number of nitrogens with two attached hydrogens (primary N) is 2. The average molecular weight is 425 g/mol. The largest absolute Gasteiger partial charge is 0.759 e. The second-order valence-electron chi connectivity index (χ2n) is 5.25. The van der Waals surface area contributed by atoms with Gasteiger partial charge in [0.05, 0.1) is 25.0 Å². The Labute approximate surface area is 154 Å². The highest BCUT2D eigenvalue weighted by atomic mass is 32.3. The predicted octanol–water partition coefficient (Wildman–Crippen LogP) is -2.01. The van der Waals surface area contributed by atoms with Gasteiger partial charge in [0.15, 0.2) is 0 Å². The van der Waals surface area contributed by atoms with Gasteiger partial charge in [-0.1, -0.05) is 0 Å². The summed E-state index contributed by atoms with van der Waals surface area (Å²) in [6.45, 7) is 0. The van der Waals surface area contributed by atoms with Crippen molar-refractivity contribution in [3.8, 4) is 0 Å². The molecule has 0 spiro atoms. The van der Waals surface area contributed by atoms with Crippen molar-refractivity contribution in [3.63, 3.8) is 0 Å². The summed E-state index contributed by atoms with van der Waals surface area (Å²) in [5.74, 6) is 0.0249. The van der Waals surface area contributed by atoms with Crippen LogP contribution in [-0.2, 0) is 41.8 Å². The van der Waals surface area contributed by atoms with Crippen LogP contribution in [0.15, 0.2) is 0 Å². The number of carbonyl (C=O) groups is 2. The van der Waals surface area contributed by atoms with Crippen LogP contribution in [0.2, 0.25) is 0 Å². The van der Waals surface area contributed by atoms with Crippen LogP contribution in [0.5, 0.6) is 0 Å².